The normalized spacial score (nSPS) is 16.6. The molecular weight excluding hydrogens is 353 g/mol. The van der Waals surface area contributed by atoms with Crippen molar-refractivity contribution in [2.75, 3.05) is 6.54 Å². The Balaban J connectivity index is 1.96. The van der Waals surface area contributed by atoms with Gasteiger partial charge in [-0.1, -0.05) is 31.9 Å². The zero-order valence-electron chi connectivity index (χ0n) is 9.05. The molecule has 1 aliphatic rings. The summed E-state index contributed by atoms with van der Waals surface area (Å²) >= 11 is 6.74. The zero-order valence-corrected chi connectivity index (χ0v) is 12.2. The number of hydrogen-bond acceptors (Lipinski definition) is 1. The van der Waals surface area contributed by atoms with E-state index in [9.17, 15) is 9.18 Å². The topological polar surface area (TPSA) is 29.1 Å². The molecule has 1 fully saturated rings. The number of halogens is 3. The van der Waals surface area contributed by atoms with Crippen LogP contribution in [0.2, 0.25) is 0 Å². The molecule has 1 amide bonds. The van der Waals surface area contributed by atoms with Crippen LogP contribution in [-0.2, 0) is 0 Å². The molecule has 1 atom stereocenters. The zero-order chi connectivity index (χ0) is 12.4. The Hall–Kier alpha value is -0.420. The molecule has 0 aliphatic heterocycles. The summed E-state index contributed by atoms with van der Waals surface area (Å²) < 4.78 is 14.1. The first-order chi connectivity index (χ1) is 8.08. The summed E-state index contributed by atoms with van der Waals surface area (Å²) in [7, 11) is 0. The molecule has 1 saturated carbocycles. The van der Waals surface area contributed by atoms with Crippen molar-refractivity contribution >= 4 is 37.8 Å². The monoisotopic (exact) mass is 363 g/mol. The van der Waals surface area contributed by atoms with E-state index in [1.807, 2.05) is 0 Å². The lowest BCUT2D eigenvalue weighted by Gasteiger charge is -2.10. The molecule has 0 heterocycles. The van der Waals surface area contributed by atoms with Crippen molar-refractivity contribution in [2.45, 2.75) is 17.7 Å². The number of nitrogens with one attached hydrogen (secondary N) is 1. The van der Waals surface area contributed by atoms with Gasteiger partial charge in [0.25, 0.3) is 5.91 Å². The van der Waals surface area contributed by atoms with Gasteiger partial charge < -0.3 is 5.32 Å². The lowest BCUT2D eigenvalue weighted by molar-refractivity contribution is 0.0949. The number of amides is 1. The lowest BCUT2D eigenvalue weighted by Crippen LogP contribution is -2.31. The molecule has 17 heavy (non-hydrogen) atoms. The van der Waals surface area contributed by atoms with Crippen LogP contribution >= 0.6 is 31.9 Å². The van der Waals surface area contributed by atoms with Crippen LogP contribution in [0.15, 0.2) is 22.7 Å². The standard InChI is InChI=1S/C12H12Br2FNO/c13-8-3-4-11(15)9(5-8)12(17)16-6-10(14)7-1-2-7/h3-5,7,10H,1-2,6H2,(H,16,17). The van der Waals surface area contributed by atoms with E-state index in [1.165, 1.54) is 25.0 Å². The number of rotatable bonds is 4. The molecule has 0 radical (unpaired) electrons. The molecule has 5 heteroatoms. The fourth-order valence-electron chi connectivity index (χ4n) is 1.58. The van der Waals surface area contributed by atoms with Gasteiger partial charge in [0, 0.05) is 15.8 Å². The smallest absolute Gasteiger partial charge is 0.254 e. The van der Waals surface area contributed by atoms with Gasteiger partial charge in [-0.25, -0.2) is 4.39 Å². The molecule has 1 aromatic rings. The van der Waals surface area contributed by atoms with Gasteiger partial charge in [-0.15, -0.1) is 0 Å². The van der Waals surface area contributed by atoms with Gasteiger partial charge in [-0.05, 0) is 37.0 Å². The predicted molar refractivity (Wildman–Crippen MR) is 71.9 cm³/mol. The van der Waals surface area contributed by atoms with Crippen LogP contribution in [0, 0.1) is 11.7 Å². The Labute approximate surface area is 116 Å². The van der Waals surface area contributed by atoms with E-state index < -0.39 is 5.82 Å². The second-order valence-electron chi connectivity index (χ2n) is 4.19. The highest BCUT2D eigenvalue weighted by atomic mass is 79.9. The SMILES string of the molecule is O=C(NCC(Br)C1CC1)c1cc(Br)ccc1F. The quantitative estimate of drug-likeness (QED) is 0.814. The average Bonchev–Trinajstić information content (AvgIpc) is 3.12. The van der Waals surface area contributed by atoms with Gasteiger partial charge in [0.1, 0.15) is 5.82 Å². The Morgan fingerprint density at radius 3 is 2.88 bits per heavy atom. The lowest BCUT2D eigenvalue weighted by atomic mass is 10.2. The second kappa shape index (κ2) is 5.48. The molecule has 0 bridgehead atoms. The van der Waals surface area contributed by atoms with Crippen LogP contribution in [0.3, 0.4) is 0 Å². The highest BCUT2D eigenvalue weighted by Crippen LogP contribution is 2.36. The highest BCUT2D eigenvalue weighted by Gasteiger charge is 2.29. The van der Waals surface area contributed by atoms with Crippen LogP contribution in [0.1, 0.15) is 23.2 Å². The van der Waals surface area contributed by atoms with Crippen LogP contribution in [0.5, 0.6) is 0 Å². The second-order valence-corrected chi connectivity index (χ2v) is 6.28. The third-order valence-corrected chi connectivity index (χ3v) is 4.33. The summed E-state index contributed by atoms with van der Waals surface area (Å²) in [4.78, 5) is 12.1. The molecule has 1 aliphatic carbocycles. The molecule has 0 aromatic heterocycles. The first-order valence-corrected chi connectivity index (χ1v) is 7.16. The summed E-state index contributed by atoms with van der Waals surface area (Å²) in [6, 6.07) is 4.35. The van der Waals surface area contributed by atoms with Gasteiger partial charge in [0.15, 0.2) is 0 Å². The third kappa shape index (κ3) is 3.52. The number of alkyl halides is 1. The van der Waals surface area contributed by atoms with Gasteiger partial charge in [-0.2, -0.15) is 0 Å². The molecular formula is C12H12Br2FNO. The van der Waals surface area contributed by atoms with Crippen LogP contribution in [0.4, 0.5) is 4.39 Å². The predicted octanol–water partition coefficient (Wildman–Crippen LogP) is 3.49. The van der Waals surface area contributed by atoms with Gasteiger partial charge in [-0.3, -0.25) is 4.79 Å². The van der Waals surface area contributed by atoms with Crippen molar-refractivity contribution in [3.05, 3.63) is 34.1 Å². The Morgan fingerprint density at radius 2 is 2.24 bits per heavy atom. The molecule has 1 aromatic carbocycles. The van der Waals surface area contributed by atoms with Crippen molar-refractivity contribution in [2.24, 2.45) is 5.92 Å². The van der Waals surface area contributed by atoms with E-state index in [0.717, 1.165) is 0 Å². The largest absolute Gasteiger partial charge is 0.351 e. The van der Waals surface area contributed by atoms with Crippen molar-refractivity contribution in [3.8, 4) is 0 Å². The summed E-state index contributed by atoms with van der Waals surface area (Å²) in [5.41, 5.74) is 0.0786. The molecule has 1 unspecified atom stereocenters. The van der Waals surface area contributed by atoms with Gasteiger partial charge >= 0.3 is 0 Å². The van der Waals surface area contributed by atoms with E-state index in [4.69, 9.17) is 0 Å². The maximum absolute atomic E-state index is 13.4. The van der Waals surface area contributed by atoms with Crippen molar-refractivity contribution in [1.82, 2.24) is 5.32 Å². The first-order valence-electron chi connectivity index (χ1n) is 5.45. The molecule has 1 N–H and O–H groups in total. The fourth-order valence-corrected chi connectivity index (χ4v) is 2.63. The third-order valence-electron chi connectivity index (χ3n) is 2.76. The minimum Gasteiger partial charge on any atom is -0.351 e. The van der Waals surface area contributed by atoms with E-state index in [1.54, 1.807) is 6.07 Å². The van der Waals surface area contributed by atoms with Crippen molar-refractivity contribution < 1.29 is 9.18 Å². The first kappa shape index (κ1) is 13.0. The van der Waals surface area contributed by atoms with Gasteiger partial charge in [0.05, 0.1) is 5.56 Å². The average molecular weight is 365 g/mol. The summed E-state index contributed by atoms with van der Waals surface area (Å²) in [6.07, 6.45) is 2.41. The Bertz CT molecular complexity index is 435. The van der Waals surface area contributed by atoms with E-state index in [2.05, 4.69) is 37.2 Å². The summed E-state index contributed by atoms with van der Waals surface area (Å²) in [5, 5.41) is 2.74. The molecule has 2 nitrogen and oxygen atoms in total. The molecule has 92 valence electrons. The number of hydrogen-bond donors (Lipinski definition) is 1. The number of benzene rings is 1. The minimum absolute atomic E-state index is 0.0786. The summed E-state index contributed by atoms with van der Waals surface area (Å²) in [5.74, 6) is -0.209. The Kier molecular flexibility index (Phi) is 4.20. The number of carbonyl (C=O) groups is 1. The fraction of sp³-hybridized carbons (Fsp3) is 0.417. The maximum atomic E-state index is 13.4. The maximum Gasteiger partial charge on any atom is 0.254 e. The van der Waals surface area contributed by atoms with Crippen LogP contribution < -0.4 is 5.32 Å². The van der Waals surface area contributed by atoms with Gasteiger partial charge in [0.2, 0.25) is 0 Å². The molecule has 0 spiro atoms. The van der Waals surface area contributed by atoms with Crippen LogP contribution in [-0.4, -0.2) is 17.3 Å². The molecule has 0 saturated heterocycles. The minimum atomic E-state index is -0.497. The summed E-state index contributed by atoms with van der Waals surface area (Å²) in [6.45, 7) is 0.537. The van der Waals surface area contributed by atoms with Crippen molar-refractivity contribution in [3.63, 3.8) is 0 Å². The van der Waals surface area contributed by atoms with E-state index in [-0.39, 0.29) is 11.5 Å². The number of carbonyl (C=O) groups excluding carboxylic acids is 1. The Morgan fingerprint density at radius 1 is 1.53 bits per heavy atom. The van der Waals surface area contributed by atoms with Crippen molar-refractivity contribution in [1.29, 1.82) is 0 Å². The van der Waals surface area contributed by atoms with E-state index >= 15 is 0 Å². The van der Waals surface area contributed by atoms with E-state index in [0.29, 0.717) is 21.8 Å². The van der Waals surface area contributed by atoms with Crippen LogP contribution in [0.25, 0.3) is 0 Å². The highest BCUT2D eigenvalue weighted by molar-refractivity contribution is 9.10. The molecule has 2 rings (SSSR count).